The van der Waals surface area contributed by atoms with Crippen molar-refractivity contribution in [2.75, 3.05) is 37.7 Å². The van der Waals surface area contributed by atoms with E-state index in [1.54, 1.807) is 0 Å². The van der Waals surface area contributed by atoms with E-state index >= 15 is 0 Å². The Morgan fingerprint density at radius 1 is 1.21 bits per heavy atom. The van der Waals surface area contributed by atoms with Gasteiger partial charge in [-0.15, -0.1) is 0 Å². The number of nitrogens with zero attached hydrogens (tertiary/aromatic N) is 4. The lowest BCUT2D eigenvalue weighted by atomic mass is 9.80. The highest BCUT2D eigenvalue weighted by Gasteiger charge is 2.47. The normalized spacial score (nSPS) is 32.2. The number of hydrogen-bond acceptors (Lipinski definition) is 6. The largest absolute Gasteiger partial charge is 0.376 e. The zero-order valence-corrected chi connectivity index (χ0v) is 17.3. The molecule has 1 aromatic rings. The molecule has 7 heteroatoms. The quantitative estimate of drug-likeness (QED) is 0.711. The minimum Gasteiger partial charge on any atom is -0.376 e. The topological polar surface area (TPSA) is 67.8 Å². The highest BCUT2D eigenvalue weighted by Crippen LogP contribution is 2.40. The van der Waals surface area contributed by atoms with Crippen LogP contribution in [0.4, 0.5) is 5.95 Å². The molecule has 1 amide bonds. The van der Waals surface area contributed by atoms with Gasteiger partial charge in [-0.2, -0.15) is 0 Å². The van der Waals surface area contributed by atoms with Gasteiger partial charge in [-0.25, -0.2) is 9.97 Å². The summed E-state index contributed by atoms with van der Waals surface area (Å²) in [5.74, 6) is 1.17. The molecule has 1 aliphatic carbocycles. The second kappa shape index (κ2) is 7.36. The first-order valence-electron chi connectivity index (χ1n) is 10.8. The van der Waals surface area contributed by atoms with E-state index in [-0.39, 0.29) is 29.4 Å². The number of morpholine rings is 1. The summed E-state index contributed by atoms with van der Waals surface area (Å²) < 4.78 is 11.8. The number of hydrogen-bond donors (Lipinski definition) is 0. The molecule has 0 saturated carbocycles. The van der Waals surface area contributed by atoms with Crippen LogP contribution in [-0.4, -0.2) is 65.8 Å². The number of fused-ring (bicyclic) bond motifs is 2. The van der Waals surface area contributed by atoms with Gasteiger partial charge >= 0.3 is 0 Å². The van der Waals surface area contributed by atoms with Crippen molar-refractivity contribution in [2.45, 2.75) is 57.3 Å². The van der Waals surface area contributed by atoms with E-state index in [1.807, 2.05) is 11.1 Å². The molecule has 4 heterocycles. The number of aromatic nitrogens is 2. The van der Waals surface area contributed by atoms with Crippen molar-refractivity contribution in [3.63, 3.8) is 0 Å². The standard InChI is InChI=1S/C22H30N4O3/c1-15-10-26(11-16(2)29-15)21-23-9-18-12-28-14-22(19(18)24-21)7-8-25(13-22)20(27)17-5-3-4-6-17/h3-4,9,15-17H,5-8,10-14H2,1-2H3/t15-,16+,22-/m1/s1. The molecule has 3 atom stereocenters. The number of amides is 1. The van der Waals surface area contributed by atoms with Crippen molar-refractivity contribution in [3.8, 4) is 0 Å². The van der Waals surface area contributed by atoms with Crippen molar-refractivity contribution in [1.82, 2.24) is 14.9 Å². The Balaban J connectivity index is 1.40. The highest BCUT2D eigenvalue weighted by atomic mass is 16.5. The molecule has 5 rings (SSSR count). The van der Waals surface area contributed by atoms with Crippen LogP contribution < -0.4 is 4.90 Å². The van der Waals surface area contributed by atoms with Gasteiger partial charge in [0.15, 0.2) is 0 Å². The van der Waals surface area contributed by atoms with Crippen molar-refractivity contribution in [1.29, 1.82) is 0 Å². The maximum absolute atomic E-state index is 13.0. The minimum atomic E-state index is -0.212. The SMILES string of the molecule is C[C@@H]1CN(c2ncc3c(n2)[C@@]2(CCN(C(=O)C4CC=CC4)C2)COC3)C[C@H](C)O1. The molecule has 0 radical (unpaired) electrons. The summed E-state index contributed by atoms with van der Waals surface area (Å²) in [5, 5.41) is 0. The Morgan fingerprint density at radius 2 is 1.97 bits per heavy atom. The molecule has 0 aromatic carbocycles. The predicted octanol–water partition coefficient (Wildman–Crippen LogP) is 2.06. The van der Waals surface area contributed by atoms with Crippen molar-refractivity contribution in [3.05, 3.63) is 29.6 Å². The van der Waals surface area contributed by atoms with Crippen LogP contribution in [0.25, 0.3) is 0 Å². The van der Waals surface area contributed by atoms with Crippen LogP contribution in [0.1, 0.15) is 44.4 Å². The molecule has 3 aliphatic heterocycles. The summed E-state index contributed by atoms with van der Waals surface area (Å²) in [7, 11) is 0. The molecule has 1 aromatic heterocycles. The zero-order valence-electron chi connectivity index (χ0n) is 17.3. The second-order valence-corrected chi connectivity index (χ2v) is 9.13. The van der Waals surface area contributed by atoms with Gasteiger partial charge in [0.05, 0.1) is 36.5 Å². The Hall–Kier alpha value is -1.99. The second-order valence-electron chi connectivity index (χ2n) is 9.13. The molecule has 1 spiro atoms. The Kier molecular flexibility index (Phi) is 4.82. The van der Waals surface area contributed by atoms with Gasteiger partial charge < -0.3 is 19.3 Å². The van der Waals surface area contributed by atoms with E-state index in [1.165, 1.54) is 0 Å². The van der Waals surface area contributed by atoms with E-state index < -0.39 is 0 Å². The third-order valence-corrected chi connectivity index (χ3v) is 6.72. The van der Waals surface area contributed by atoms with Gasteiger partial charge in [0, 0.05) is 43.9 Å². The fourth-order valence-electron chi connectivity index (χ4n) is 5.33. The molecule has 156 valence electrons. The molecule has 0 N–H and O–H groups in total. The summed E-state index contributed by atoms with van der Waals surface area (Å²) in [4.78, 5) is 26.9. The lowest BCUT2D eigenvalue weighted by Crippen LogP contribution is -2.47. The summed E-state index contributed by atoms with van der Waals surface area (Å²) >= 11 is 0. The van der Waals surface area contributed by atoms with Crippen molar-refractivity contribution >= 4 is 11.9 Å². The van der Waals surface area contributed by atoms with Crippen LogP contribution in [0.3, 0.4) is 0 Å². The van der Waals surface area contributed by atoms with Gasteiger partial charge in [-0.05, 0) is 33.1 Å². The fourth-order valence-corrected chi connectivity index (χ4v) is 5.33. The molecule has 29 heavy (non-hydrogen) atoms. The summed E-state index contributed by atoms with van der Waals surface area (Å²) in [5.41, 5.74) is 1.93. The number of allylic oxidation sites excluding steroid dienone is 2. The Bertz CT molecular complexity index is 810. The van der Waals surface area contributed by atoms with Crippen LogP contribution in [0.5, 0.6) is 0 Å². The van der Waals surface area contributed by atoms with Gasteiger partial charge in [0.2, 0.25) is 11.9 Å². The molecular formula is C22H30N4O3. The minimum absolute atomic E-state index is 0.117. The van der Waals surface area contributed by atoms with Crippen LogP contribution in [0.15, 0.2) is 18.3 Å². The molecule has 4 aliphatic rings. The van der Waals surface area contributed by atoms with Crippen LogP contribution >= 0.6 is 0 Å². The molecule has 7 nitrogen and oxygen atoms in total. The van der Waals surface area contributed by atoms with Gasteiger partial charge in [0.1, 0.15) is 0 Å². The average molecular weight is 399 g/mol. The number of carbonyl (C=O) groups is 1. The Morgan fingerprint density at radius 3 is 2.72 bits per heavy atom. The van der Waals surface area contributed by atoms with Gasteiger partial charge in [0.25, 0.3) is 0 Å². The summed E-state index contributed by atoms with van der Waals surface area (Å²) in [6, 6.07) is 0. The highest BCUT2D eigenvalue weighted by molar-refractivity contribution is 5.80. The maximum atomic E-state index is 13.0. The first kappa shape index (κ1) is 19.0. The van der Waals surface area contributed by atoms with Gasteiger partial charge in [-0.1, -0.05) is 12.2 Å². The third kappa shape index (κ3) is 3.44. The molecule has 0 unspecified atom stereocenters. The first-order valence-corrected chi connectivity index (χ1v) is 10.8. The lowest BCUT2D eigenvalue weighted by Gasteiger charge is -2.38. The number of carbonyl (C=O) groups excluding carboxylic acids is 1. The number of ether oxygens (including phenoxy) is 2. The smallest absolute Gasteiger partial charge is 0.226 e. The first-order chi connectivity index (χ1) is 14.0. The number of rotatable bonds is 2. The van der Waals surface area contributed by atoms with Gasteiger partial charge in [-0.3, -0.25) is 4.79 Å². The zero-order chi connectivity index (χ0) is 20.0. The van der Waals surface area contributed by atoms with E-state index in [2.05, 4.69) is 35.9 Å². The summed E-state index contributed by atoms with van der Waals surface area (Å²) in [6.07, 6.45) is 9.14. The average Bonchev–Trinajstić information content (AvgIpc) is 3.38. The van der Waals surface area contributed by atoms with E-state index in [0.29, 0.717) is 19.8 Å². The van der Waals surface area contributed by atoms with E-state index in [9.17, 15) is 4.79 Å². The Labute approximate surface area is 172 Å². The predicted molar refractivity (Wildman–Crippen MR) is 109 cm³/mol. The molecule has 2 saturated heterocycles. The lowest BCUT2D eigenvalue weighted by molar-refractivity contribution is -0.134. The molecule has 2 fully saturated rings. The number of anilines is 1. The van der Waals surface area contributed by atoms with Crippen LogP contribution in [-0.2, 0) is 26.3 Å². The molecular weight excluding hydrogens is 368 g/mol. The van der Waals surface area contributed by atoms with Crippen molar-refractivity contribution < 1.29 is 14.3 Å². The fraction of sp³-hybridized carbons (Fsp3) is 0.682. The van der Waals surface area contributed by atoms with E-state index in [4.69, 9.17) is 14.5 Å². The number of likely N-dealkylation sites (tertiary alicyclic amines) is 1. The van der Waals surface area contributed by atoms with E-state index in [0.717, 1.165) is 56.1 Å². The monoisotopic (exact) mass is 398 g/mol. The maximum Gasteiger partial charge on any atom is 0.226 e. The van der Waals surface area contributed by atoms with Crippen molar-refractivity contribution in [2.24, 2.45) is 5.92 Å². The third-order valence-electron chi connectivity index (χ3n) is 6.72. The van der Waals surface area contributed by atoms with Crippen LogP contribution in [0.2, 0.25) is 0 Å². The van der Waals surface area contributed by atoms with Crippen LogP contribution in [0, 0.1) is 5.92 Å². The summed E-state index contributed by atoms with van der Waals surface area (Å²) in [6.45, 7) is 8.43. The molecule has 0 bridgehead atoms.